The lowest BCUT2D eigenvalue weighted by Crippen LogP contribution is -2.31. The Hall–Kier alpha value is -4.04. The van der Waals surface area contributed by atoms with Crippen LogP contribution < -0.4 is 9.64 Å². The van der Waals surface area contributed by atoms with E-state index in [2.05, 4.69) is 10.1 Å². The number of anilines is 1. The summed E-state index contributed by atoms with van der Waals surface area (Å²) < 4.78 is 12.1. The van der Waals surface area contributed by atoms with E-state index in [9.17, 15) is 4.79 Å². The lowest BCUT2D eigenvalue weighted by atomic mass is 10.1. The van der Waals surface area contributed by atoms with Gasteiger partial charge in [-0.15, -0.1) is 0 Å². The predicted octanol–water partition coefficient (Wildman–Crippen LogP) is 5.59. The van der Waals surface area contributed by atoms with Crippen molar-refractivity contribution in [1.82, 2.24) is 15.1 Å². The van der Waals surface area contributed by atoms with Gasteiger partial charge in [-0.25, -0.2) is 4.98 Å². The number of nitrogens with zero attached hydrogens (tertiary/aromatic N) is 4. The van der Waals surface area contributed by atoms with Crippen molar-refractivity contribution in [3.8, 4) is 17.1 Å². The number of benzene rings is 2. The van der Waals surface area contributed by atoms with Gasteiger partial charge in [0.15, 0.2) is 16.6 Å². The van der Waals surface area contributed by atoms with Crippen LogP contribution in [0.5, 0.6) is 5.75 Å². The van der Waals surface area contributed by atoms with Gasteiger partial charge in [0.1, 0.15) is 11.3 Å². The lowest BCUT2D eigenvalue weighted by molar-refractivity contribution is 0.0976. The average molecular weight is 457 g/mol. The van der Waals surface area contributed by atoms with Gasteiger partial charge < -0.3 is 9.26 Å². The molecule has 0 unspecified atom stereocenters. The van der Waals surface area contributed by atoms with Gasteiger partial charge in [-0.05, 0) is 31.2 Å². The Morgan fingerprint density at radius 2 is 1.91 bits per heavy atom. The Morgan fingerprint density at radius 3 is 2.70 bits per heavy atom. The van der Waals surface area contributed by atoms with Crippen LogP contribution in [0.3, 0.4) is 0 Å². The van der Waals surface area contributed by atoms with E-state index in [1.165, 1.54) is 11.3 Å². The topological polar surface area (TPSA) is 81.4 Å². The van der Waals surface area contributed by atoms with E-state index in [4.69, 9.17) is 14.2 Å². The first-order valence-electron chi connectivity index (χ1n) is 10.5. The largest absolute Gasteiger partial charge is 0.492 e. The SMILES string of the molecule is CCOc1cccc2sc(N(Cc3ccccn3)C(=O)c3cc(-c4ccccc4)on3)nc12. The number of hydrogen-bond acceptors (Lipinski definition) is 7. The molecule has 0 bridgehead atoms. The molecule has 3 heterocycles. The van der Waals surface area contributed by atoms with Crippen molar-refractivity contribution in [2.45, 2.75) is 13.5 Å². The van der Waals surface area contributed by atoms with Crippen LogP contribution in [0.2, 0.25) is 0 Å². The van der Waals surface area contributed by atoms with Crippen LogP contribution in [0.15, 0.2) is 83.5 Å². The quantitative estimate of drug-likeness (QED) is 0.317. The van der Waals surface area contributed by atoms with Crippen molar-refractivity contribution in [2.75, 3.05) is 11.5 Å². The average Bonchev–Trinajstić information content (AvgIpc) is 3.52. The van der Waals surface area contributed by atoms with E-state index in [-0.39, 0.29) is 18.1 Å². The van der Waals surface area contributed by atoms with Gasteiger partial charge in [-0.1, -0.05) is 59.0 Å². The van der Waals surface area contributed by atoms with Gasteiger partial charge in [-0.2, -0.15) is 0 Å². The first-order valence-corrected chi connectivity index (χ1v) is 11.3. The number of para-hydroxylation sites is 1. The molecule has 3 aromatic heterocycles. The van der Waals surface area contributed by atoms with Crippen molar-refractivity contribution in [3.63, 3.8) is 0 Å². The Bertz CT molecular complexity index is 1380. The van der Waals surface area contributed by atoms with Crippen LogP contribution in [0.1, 0.15) is 23.1 Å². The standard InChI is InChI=1S/C25H20N4O3S/c1-2-31-20-12-8-13-22-23(20)27-25(33-22)29(16-18-11-6-7-14-26-18)24(30)19-15-21(32-28-19)17-9-4-3-5-10-17/h3-15H,2,16H2,1H3. The van der Waals surface area contributed by atoms with Crippen molar-refractivity contribution in [1.29, 1.82) is 0 Å². The van der Waals surface area contributed by atoms with Crippen molar-refractivity contribution >= 4 is 32.6 Å². The van der Waals surface area contributed by atoms with E-state index < -0.39 is 0 Å². The number of amides is 1. The fourth-order valence-corrected chi connectivity index (χ4v) is 4.41. The minimum atomic E-state index is -0.316. The Morgan fingerprint density at radius 1 is 1.06 bits per heavy atom. The van der Waals surface area contributed by atoms with Crippen LogP contribution in [0.4, 0.5) is 5.13 Å². The lowest BCUT2D eigenvalue weighted by Gasteiger charge is -2.18. The number of thiazole rings is 1. The van der Waals surface area contributed by atoms with E-state index >= 15 is 0 Å². The van der Waals surface area contributed by atoms with Crippen molar-refractivity contribution in [2.24, 2.45) is 0 Å². The van der Waals surface area contributed by atoms with Gasteiger partial charge in [0.2, 0.25) is 0 Å². The third-order valence-corrected chi connectivity index (χ3v) is 6.02. The number of ether oxygens (including phenoxy) is 1. The molecule has 164 valence electrons. The molecule has 0 atom stereocenters. The number of carbonyl (C=O) groups is 1. The molecule has 5 aromatic rings. The Labute approximate surface area is 194 Å². The van der Waals surface area contributed by atoms with Crippen LogP contribution in [0.25, 0.3) is 21.5 Å². The molecule has 2 aromatic carbocycles. The first-order chi connectivity index (χ1) is 16.2. The third-order valence-electron chi connectivity index (χ3n) is 4.98. The summed E-state index contributed by atoms with van der Waals surface area (Å²) in [5.41, 5.74) is 2.51. The van der Waals surface area contributed by atoms with Crippen molar-refractivity contribution < 1.29 is 14.1 Å². The molecule has 0 spiro atoms. The molecule has 0 saturated carbocycles. The summed E-state index contributed by atoms with van der Waals surface area (Å²) in [6.07, 6.45) is 1.70. The number of hydrogen-bond donors (Lipinski definition) is 0. The number of pyridine rings is 1. The Kier molecular flexibility index (Phi) is 5.82. The third kappa shape index (κ3) is 4.33. The van der Waals surface area contributed by atoms with Gasteiger partial charge in [-0.3, -0.25) is 14.7 Å². The molecular weight excluding hydrogens is 436 g/mol. The zero-order chi connectivity index (χ0) is 22.6. The summed E-state index contributed by atoms with van der Waals surface area (Å²) in [5, 5.41) is 4.59. The summed E-state index contributed by atoms with van der Waals surface area (Å²) in [6, 6.07) is 22.6. The highest BCUT2D eigenvalue weighted by molar-refractivity contribution is 7.22. The summed E-state index contributed by atoms with van der Waals surface area (Å²) in [4.78, 5) is 24.3. The maximum Gasteiger partial charge on any atom is 0.282 e. The van der Waals surface area contributed by atoms with Crippen LogP contribution >= 0.6 is 11.3 Å². The second-order valence-corrected chi connectivity index (χ2v) is 8.20. The van der Waals surface area contributed by atoms with Gasteiger partial charge in [0.25, 0.3) is 5.91 Å². The number of rotatable bonds is 7. The maximum atomic E-state index is 13.6. The fourth-order valence-electron chi connectivity index (χ4n) is 3.43. The number of carbonyl (C=O) groups excluding carboxylic acids is 1. The minimum absolute atomic E-state index is 0.203. The molecule has 0 aliphatic rings. The van der Waals surface area contributed by atoms with Crippen LogP contribution in [0, 0.1) is 0 Å². The molecule has 0 radical (unpaired) electrons. The smallest absolute Gasteiger partial charge is 0.282 e. The van der Waals surface area contributed by atoms with E-state index in [1.54, 1.807) is 17.2 Å². The highest BCUT2D eigenvalue weighted by Gasteiger charge is 2.26. The van der Waals surface area contributed by atoms with E-state index in [0.717, 1.165) is 21.5 Å². The normalized spacial score (nSPS) is 10.9. The molecular formula is C25H20N4O3S. The summed E-state index contributed by atoms with van der Waals surface area (Å²) in [5.74, 6) is 0.902. The van der Waals surface area contributed by atoms with Crippen molar-refractivity contribution in [3.05, 3.63) is 90.4 Å². The van der Waals surface area contributed by atoms with Gasteiger partial charge in [0, 0.05) is 17.8 Å². The minimum Gasteiger partial charge on any atom is -0.492 e. The second-order valence-electron chi connectivity index (χ2n) is 7.19. The maximum absolute atomic E-state index is 13.6. The second kappa shape index (κ2) is 9.22. The summed E-state index contributed by atoms with van der Waals surface area (Å²) in [6.45, 7) is 2.71. The van der Waals surface area contributed by atoms with Crippen LogP contribution in [-0.4, -0.2) is 27.6 Å². The zero-order valence-corrected chi connectivity index (χ0v) is 18.7. The molecule has 5 rings (SSSR count). The van der Waals surface area contributed by atoms with E-state index in [0.29, 0.717) is 23.2 Å². The molecule has 0 saturated heterocycles. The van der Waals surface area contributed by atoms with Gasteiger partial charge in [0.05, 0.1) is 23.5 Å². The molecule has 0 fully saturated rings. The first kappa shape index (κ1) is 20.8. The highest BCUT2D eigenvalue weighted by Crippen LogP contribution is 2.35. The predicted molar refractivity (Wildman–Crippen MR) is 127 cm³/mol. The molecule has 0 N–H and O–H groups in total. The fraction of sp³-hybridized carbons (Fsp3) is 0.120. The van der Waals surface area contributed by atoms with E-state index in [1.807, 2.05) is 73.7 Å². The molecule has 8 heteroatoms. The molecule has 0 aliphatic carbocycles. The van der Waals surface area contributed by atoms with Crippen LogP contribution in [-0.2, 0) is 6.54 Å². The van der Waals surface area contributed by atoms with Gasteiger partial charge >= 0.3 is 0 Å². The Balaban J connectivity index is 1.54. The molecule has 0 aliphatic heterocycles. The number of aromatic nitrogens is 3. The molecule has 1 amide bonds. The number of fused-ring (bicyclic) bond motifs is 1. The molecule has 7 nitrogen and oxygen atoms in total. The molecule has 33 heavy (non-hydrogen) atoms. The zero-order valence-electron chi connectivity index (χ0n) is 17.8. The monoisotopic (exact) mass is 456 g/mol. The summed E-state index contributed by atoms with van der Waals surface area (Å²) >= 11 is 1.42. The summed E-state index contributed by atoms with van der Waals surface area (Å²) in [7, 11) is 0. The highest BCUT2D eigenvalue weighted by atomic mass is 32.1.